The van der Waals surface area contributed by atoms with Crippen LogP contribution in [0.1, 0.15) is 16.8 Å². The molecule has 18 heavy (non-hydrogen) atoms. The first-order chi connectivity index (χ1) is 8.41. The van der Waals surface area contributed by atoms with E-state index in [9.17, 15) is 14.4 Å². The van der Waals surface area contributed by atoms with Crippen molar-refractivity contribution in [2.24, 2.45) is 5.73 Å². The molecule has 96 valence electrons. The van der Waals surface area contributed by atoms with E-state index < -0.39 is 30.2 Å². The fraction of sp³-hybridized carbons (Fsp3) is 0.182. The van der Waals surface area contributed by atoms with E-state index in [4.69, 9.17) is 10.8 Å². The van der Waals surface area contributed by atoms with E-state index in [1.807, 2.05) is 22.6 Å². The van der Waals surface area contributed by atoms with Gasteiger partial charge in [0.15, 0.2) is 0 Å². The first-order valence-electron chi connectivity index (χ1n) is 4.98. The summed E-state index contributed by atoms with van der Waals surface area (Å²) in [5.41, 5.74) is 5.28. The number of amides is 2. The third-order valence-electron chi connectivity index (χ3n) is 2.13. The molecular weight excluding hydrogens is 351 g/mol. The molecule has 0 unspecified atom stereocenters. The van der Waals surface area contributed by atoms with Crippen LogP contribution in [0.5, 0.6) is 0 Å². The molecule has 0 saturated carbocycles. The number of aliphatic carboxylic acids is 1. The van der Waals surface area contributed by atoms with Gasteiger partial charge in [-0.1, -0.05) is 12.1 Å². The number of hydrogen-bond acceptors (Lipinski definition) is 3. The first-order valence-corrected chi connectivity index (χ1v) is 6.06. The number of benzene rings is 1. The van der Waals surface area contributed by atoms with Crippen molar-refractivity contribution in [3.63, 3.8) is 0 Å². The van der Waals surface area contributed by atoms with Gasteiger partial charge in [-0.25, -0.2) is 4.79 Å². The molecule has 0 spiro atoms. The highest BCUT2D eigenvalue weighted by Crippen LogP contribution is 2.11. The molecule has 1 aromatic carbocycles. The molecule has 0 aliphatic carbocycles. The molecule has 0 aromatic heterocycles. The monoisotopic (exact) mass is 362 g/mol. The topological polar surface area (TPSA) is 109 Å². The summed E-state index contributed by atoms with van der Waals surface area (Å²) in [6.07, 6.45) is -0.440. The Morgan fingerprint density at radius 1 is 1.33 bits per heavy atom. The fourth-order valence-corrected chi connectivity index (χ4v) is 1.91. The number of carboxylic acid groups (broad SMARTS) is 1. The lowest BCUT2D eigenvalue weighted by atomic mass is 10.1. The summed E-state index contributed by atoms with van der Waals surface area (Å²) in [5.74, 6) is -2.63. The molecule has 1 aromatic rings. The Kier molecular flexibility index (Phi) is 5.08. The molecule has 0 heterocycles. The number of hydrogen-bond donors (Lipinski definition) is 3. The van der Waals surface area contributed by atoms with E-state index in [-0.39, 0.29) is 0 Å². The van der Waals surface area contributed by atoms with E-state index in [1.54, 1.807) is 24.3 Å². The first kappa shape index (κ1) is 14.4. The molecule has 0 aliphatic heterocycles. The SMILES string of the molecule is NC(=O)C[C@H](NC(=O)c1ccccc1I)C(=O)O. The van der Waals surface area contributed by atoms with Crippen molar-refractivity contribution in [1.29, 1.82) is 0 Å². The fourth-order valence-electron chi connectivity index (χ4n) is 1.28. The van der Waals surface area contributed by atoms with Crippen LogP contribution in [0.25, 0.3) is 0 Å². The highest BCUT2D eigenvalue weighted by Gasteiger charge is 2.23. The summed E-state index contributed by atoms with van der Waals surface area (Å²) in [5, 5.41) is 11.1. The van der Waals surface area contributed by atoms with Gasteiger partial charge in [0.25, 0.3) is 5.91 Å². The molecule has 0 aliphatic rings. The van der Waals surface area contributed by atoms with Gasteiger partial charge in [-0.2, -0.15) is 0 Å². The maximum absolute atomic E-state index is 11.8. The van der Waals surface area contributed by atoms with Gasteiger partial charge in [0, 0.05) is 3.57 Å². The van der Waals surface area contributed by atoms with Crippen LogP contribution >= 0.6 is 22.6 Å². The summed E-state index contributed by atoms with van der Waals surface area (Å²) < 4.78 is 0.691. The molecule has 0 bridgehead atoms. The Morgan fingerprint density at radius 2 is 1.94 bits per heavy atom. The van der Waals surface area contributed by atoms with Crippen LogP contribution in [0.3, 0.4) is 0 Å². The minimum atomic E-state index is -1.31. The summed E-state index contributed by atoms with van der Waals surface area (Å²) >= 11 is 1.97. The lowest BCUT2D eigenvalue weighted by Crippen LogP contribution is -2.43. The van der Waals surface area contributed by atoms with Crippen molar-refractivity contribution in [3.05, 3.63) is 33.4 Å². The Morgan fingerprint density at radius 3 is 2.44 bits per heavy atom. The van der Waals surface area contributed by atoms with Crippen molar-refractivity contribution in [2.75, 3.05) is 0 Å². The normalized spacial score (nSPS) is 11.6. The Bertz CT molecular complexity index is 490. The smallest absolute Gasteiger partial charge is 0.326 e. The van der Waals surface area contributed by atoms with Gasteiger partial charge in [-0.05, 0) is 34.7 Å². The lowest BCUT2D eigenvalue weighted by molar-refractivity contribution is -0.140. The van der Waals surface area contributed by atoms with Gasteiger partial charge in [-0.15, -0.1) is 0 Å². The van der Waals surface area contributed by atoms with E-state index in [0.29, 0.717) is 9.13 Å². The van der Waals surface area contributed by atoms with Crippen molar-refractivity contribution in [3.8, 4) is 0 Å². The zero-order valence-corrected chi connectivity index (χ0v) is 11.4. The molecule has 2 amide bonds. The van der Waals surface area contributed by atoms with Gasteiger partial charge in [0.2, 0.25) is 5.91 Å². The van der Waals surface area contributed by atoms with Crippen LogP contribution in [0.2, 0.25) is 0 Å². The molecule has 1 rings (SSSR count). The summed E-state index contributed by atoms with van der Waals surface area (Å²) in [4.78, 5) is 33.4. The minimum absolute atomic E-state index is 0.355. The molecule has 0 fully saturated rings. The Hall–Kier alpha value is -1.64. The second kappa shape index (κ2) is 6.34. The predicted molar refractivity (Wildman–Crippen MR) is 71.9 cm³/mol. The molecule has 6 nitrogen and oxygen atoms in total. The van der Waals surface area contributed by atoms with Gasteiger partial charge in [0.1, 0.15) is 6.04 Å². The molecule has 0 saturated heterocycles. The van der Waals surface area contributed by atoms with Crippen LogP contribution in [-0.2, 0) is 9.59 Å². The molecule has 4 N–H and O–H groups in total. The highest BCUT2D eigenvalue weighted by molar-refractivity contribution is 14.1. The van der Waals surface area contributed by atoms with E-state index in [2.05, 4.69) is 5.32 Å². The molecule has 1 atom stereocenters. The number of carbonyl (C=O) groups excluding carboxylic acids is 2. The van der Waals surface area contributed by atoms with Gasteiger partial charge >= 0.3 is 5.97 Å². The van der Waals surface area contributed by atoms with Crippen molar-refractivity contribution < 1.29 is 19.5 Å². The third kappa shape index (κ3) is 3.99. The number of primary amides is 1. The second-order valence-corrected chi connectivity index (χ2v) is 4.68. The maximum atomic E-state index is 11.8. The number of nitrogens with two attached hydrogens (primary N) is 1. The van der Waals surface area contributed by atoms with Gasteiger partial charge in [-0.3, -0.25) is 9.59 Å². The second-order valence-electron chi connectivity index (χ2n) is 3.51. The zero-order chi connectivity index (χ0) is 13.7. The minimum Gasteiger partial charge on any atom is -0.480 e. The number of carbonyl (C=O) groups is 3. The van der Waals surface area contributed by atoms with Crippen LogP contribution in [0.4, 0.5) is 0 Å². The van der Waals surface area contributed by atoms with Crippen molar-refractivity contribution in [1.82, 2.24) is 5.32 Å². The van der Waals surface area contributed by atoms with Crippen molar-refractivity contribution >= 4 is 40.4 Å². The number of rotatable bonds is 5. The average molecular weight is 362 g/mol. The number of nitrogens with one attached hydrogen (secondary N) is 1. The standard InChI is InChI=1S/C11H11IN2O4/c12-7-4-2-1-3-6(7)10(16)14-8(11(17)18)5-9(13)15/h1-4,8H,5H2,(H2,13,15)(H,14,16)(H,17,18)/t8-/m0/s1. The molecular formula is C11H11IN2O4. The van der Waals surface area contributed by atoms with Crippen LogP contribution in [0.15, 0.2) is 24.3 Å². The highest BCUT2D eigenvalue weighted by atomic mass is 127. The van der Waals surface area contributed by atoms with E-state index >= 15 is 0 Å². The number of carboxylic acids is 1. The van der Waals surface area contributed by atoms with Crippen LogP contribution < -0.4 is 11.1 Å². The maximum Gasteiger partial charge on any atom is 0.326 e. The quantitative estimate of drug-likeness (QED) is 0.657. The summed E-state index contributed by atoms with van der Waals surface area (Å²) in [7, 11) is 0. The van der Waals surface area contributed by atoms with Gasteiger partial charge in [0.05, 0.1) is 12.0 Å². The lowest BCUT2D eigenvalue weighted by Gasteiger charge is -2.13. The van der Waals surface area contributed by atoms with Gasteiger partial charge < -0.3 is 16.2 Å². The summed E-state index contributed by atoms with van der Waals surface area (Å²) in [6.45, 7) is 0. The summed E-state index contributed by atoms with van der Waals surface area (Å²) in [6, 6.07) is 5.41. The zero-order valence-electron chi connectivity index (χ0n) is 9.22. The van der Waals surface area contributed by atoms with E-state index in [0.717, 1.165) is 0 Å². The largest absolute Gasteiger partial charge is 0.480 e. The van der Waals surface area contributed by atoms with Crippen molar-refractivity contribution in [2.45, 2.75) is 12.5 Å². The average Bonchev–Trinajstić information content (AvgIpc) is 2.27. The number of halogens is 1. The molecule has 0 radical (unpaired) electrons. The molecule has 7 heteroatoms. The van der Waals surface area contributed by atoms with E-state index in [1.165, 1.54) is 0 Å². The van der Waals surface area contributed by atoms with Crippen LogP contribution in [-0.4, -0.2) is 28.9 Å². The predicted octanol–water partition coefficient (Wildman–Crippen LogP) is 0.350. The third-order valence-corrected chi connectivity index (χ3v) is 3.07. The Balaban J connectivity index is 2.82. The Labute approximate surface area is 117 Å². The van der Waals surface area contributed by atoms with Crippen LogP contribution in [0, 0.1) is 3.57 Å².